The SMILES string of the molecule is COc1ccc(-n2c(S[C@@H]3CCOC3=O)nnc2-c2ccc(Br)cc2)cc1Cl. The molecule has 0 saturated carbocycles. The van der Waals surface area contributed by atoms with Crippen LogP contribution >= 0.6 is 39.3 Å². The summed E-state index contributed by atoms with van der Waals surface area (Å²) in [6.45, 7) is 0.429. The molecular formula is C19H15BrClN3O3S. The van der Waals surface area contributed by atoms with Crippen LogP contribution in [0.3, 0.4) is 0 Å². The third kappa shape index (κ3) is 3.76. The highest BCUT2D eigenvalue weighted by atomic mass is 79.9. The fraction of sp³-hybridized carbons (Fsp3) is 0.211. The van der Waals surface area contributed by atoms with Gasteiger partial charge in [-0.2, -0.15) is 0 Å². The van der Waals surface area contributed by atoms with Gasteiger partial charge in [0.25, 0.3) is 0 Å². The number of cyclic esters (lactones) is 1. The summed E-state index contributed by atoms with van der Waals surface area (Å²) in [6.07, 6.45) is 0.646. The molecule has 1 saturated heterocycles. The van der Waals surface area contributed by atoms with Crippen molar-refractivity contribution in [2.75, 3.05) is 13.7 Å². The number of esters is 1. The van der Waals surface area contributed by atoms with Gasteiger partial charge in [-0.15, -0.1) is 10.2 Å². The van der Waals surface area contributed by atoms with Crippen LogP contribution in [0.25, 0.3) is 17.1 Å². The summed E-state index contributed by atoms with van der Waals surface area (Å²) in [5.41, 5.74) is 1.67. The molecular weight excluding hydrogens is 466 g/mol. The van der Waals surface area contributed by atoms with Crippen molar-refractivity contribution in [1.29, 1.82) is 0 Å². The van der Waals surface area contributed by atoms with E-state index in [1.165, 1.54) is 11.8 Å². The van der Waals surface area contributed by atoms with Crippen molar-refractivity contribution in [2.45, 2.75) is 16.8 Å². The molecule has 9 heteroatoms. The van der Waals surface area contributed by atoms with E-state index in [-0.39, 0.29) is 11.2 Å². The fourth-order valence-corrected chi connectivity index (χ4v) is 4.41. The van der Waals surface area contributed by atoms with Gasteiger partial charge >= 0.3 is 5.97 Å². The van der Waals surface area contributed by atoms with E-state index in [2.05, 4.69) is 26.1 Å². The van der Waals surface area contributed by atoms with E-state index in [0.717, 1.165) is 15.7 Å². The summed E-state index contributed by atoms with van der Waals surface area (Å²) in [5.74, 6) is 1.01. The number of aromatic nitrogens is 3. The lowest BCUT2D eigenvalue weighted by Gasteiger charge is -2.13. The van der Waals surface area contributed by atoms with Crippen LogP contribution in [0.5, 0.6) is 5.75 Å². The molecule has 144 valence electrons. The minimum atomic E-state index is -0.297. The van der Waals surface area contributed by atoms with Gasteiger partial charge in [0.1, 0.15) is 11.0 Å². The predicted molar refractivity (Wildman–Crippen MR) is 111 cm³/mol. The molecule has 3 aromatic rings. The quantitative estimate of drug-likeness (QED) is 0.490. The van der Waals surface area contributed by atoms with Gasteiger partial charge in [-0.05, 0) is 30.3 Å². The van der Waals surface area contributed by atoms with Gasteiger partial charge in [-0.3, -0.25) is 9.36 Å². The average molecular weight is 481 g/mol. The molecule has 0 unspecified atom stereocenters. The van der Waals surface area contributed by atoms with Gasteiger partial charge in [0.15, 0.2) is 11.0 Å². The van der Waals surface area contributed by atoms with Crippen molar-refractivity contribution in [3.8, 4) is 22.8 Å². The second kappa shape index (κ2) is 8.14. The van der Waals surface area contributed by atoms with Crippen molar-refractivity contribution in [3.05, 3.63) is 52.0 Å². The molecule has 0 spiro atoms. The van der Waals surface area contributed by atoms with E-state index in [4.69, 9.17) is 21.1 Å². The van der Waals surface area contributed by atoms with Crippen LogP contribution in [0.4, 0.5) is 0 Å². The Kier molecular flexibility index (Phi) is 5.61. The molecule has 0 aliphatic carbocycles. The Hall–Kier alpha value is -2.03. The first-order chi connectivity index (χ1) is 13.6. The van der Waals surface area contributed by atoms with Crippen LogP contribution in [-0.2, 0) is 9.53 Å². The Balaban J connectivity index is 1.82. The van der Waals surface area contributed by atoms with Crippen LogP contribution in [0.1, 0.15) is 6.42 Å². The van der Waals surface area contributed by atoms with E-state index in [1.807, 2.05) is 34.9 Å². The summed E-state index contributed by atoms with van der Waals surface area (Å²) in [7, 11) is 1.57. The van der Waals surface area contributed by atoms with E-state index < -0.39 is 0 Å². The molecule has 2 heterocycles. The van der Waals surface area contributed by atoms with Crippen LogP contribution in [-0.4, -0.2) is 39.7 Å². The van der Waals surface area contributed by atoms with Crippen LogP contribution < -0.4 is 4.74 Å². The third-order valence-corrected chi connectivity index (χ3v) is 6.28. The number of methoxy groups -OCH3 is 1. The normalized spacial score (nSPS) is 16.2. The highest BCUT2D eigenvalue weighted by Crippen LogP contribution is 2.35. The summed E-state index contributed by atoms with van der Waals surface area (Å²) >= 11 is 11.1. The van der Waals surface area contributed by atoms with Crippen LogP contribution in [0, 0.1) is 0 Å². The highest BCUT2D eigenvalue weighted by Gasteiger charge is 2.30. The van der Waals surface area contributed by atoms with Gasteiger partial charge in [0.05, 0.1) is 24.4 Å². The Labute approximate surface area is 179 Å². The molecule has 6 nitrogen and oxygen atoms in total. The molecule has 1 aliphatic rings. The summed E-state index contributed by atoms with van der Waals surface area (Å²) in [6, 6.07) is 13.3. The first kappa shape index (κ1) is 19.3. The van der Waals surface area contributed by atoms with Gasteiger partial charge < -0.3 is 9.47 Å². The number of benzene rings is 2. The molecule has 1 aliphatic heterocycles. The molecule has 28 heavy (non-hydrogen) atoms. The van der Waals surface area contributed by atoms with E-state index >= 15 is 0 Å². The minimum absolute atomic E-state index is 0.225. The Bertz CT molecular complexity index is 1030. The van der Waals surface area contributed by atoms with Crippen LogP contribution in [0.2, 0.25) is 5.02 Å². The number of carbonyl (C=O) groups is 1. The molecule has 0 radical (unpaired) electrons. The smallest absolute Gasteiger partial charge is 0.319 e. The molecule has 4 rings (SSSR count). The Morgan fingerprint density at radius 2 is 2.04 bits per heavy atom. The van der Waals surface area contributed by atoms with Crippen molar-refractivity contribution >= 4 is 45.3 Å². The van der Waals surface area contributed by atoms with Gasteiger partial charge in [-0.1, -0.05) is 51.4 Å². The molecule has 0 N–H and O–H groups in total. The molecule has 0 amide bonds. The zero-order valence-electron chi connectivity index (χ0n) is 14.8. The lowest BCUT2D eigenvalue weighted by atomic mass is 10.2. The maximum absolute atomic E-state index is 11.9. The van der Waals surface area contributed by atoms with E-state index in [0.29, 0.717) is 34.8 Å². The summed E-state index contributed by atoms with van der Waals surface area (Å²) in [4.78, 5) is 11.9. The lowest BCUT2D eigenvalue weighted by molar-refractivity contribution is -0.137. The van der Waals surface area contributed by atoms with Gasteiger partial charge in [0, 0.05) is 16.5 Å². The molecule has 2 aromatic carbocycles. The van der Waals surface area contributed by atoms with Crippen molar-refractivity contribution < 1.29 is 14.3 Å². The number of ether oxygens (including phenoxy) is 2. The highest BCUT2D eigenvalue weighted by molar-refractivity contribution is 9.10. The number of thioether (sulfide) groups is 1. The predicted octanol–water partition coefficient (Wildman–Crippen LogP) is 4.77. The second-order valence-electron chi connectivity index (χ2n) is 6.03. The molecule has 0 bridgehead atoms. The topological polar surface area (TPSA) is 66.2 Å². The zero-order valence-corrected chi connectivity index (χ0v) is 17.9. The number of nitrogens with zero attached hydrogens (tertiary/aromatic N) is 3. The standard InChI is InChI=1S/C19H15BrClN3O3S/c1-26-15-7-6-13(10-14(15)21)24-17(11-2-4-12(20)5-3-11)22-23-19(24)28-16-8-9-27-18(16)25/h2-7,10,16H,8-9H2,1H3/t16-/m1/s1. The molecule has 1 atom stereocenters. The monoisotopic (exact) mass is 479 g/mol. The largest absolute Gasteiger partial charge is 0.495 e. The third-order valence-electron chi connectivity index (χ3n) is 4.26. The van der Waals surface area contributed by atoms with Crippen molar-refractivity contribution in [2.24, 2.45) is 0 Å². The van der Waals surface area contributed by atoms with Crippen LogP contribution in [0.15, 0.2) is 52.1 Å². The number of carbonyl (C=O) groups excluding carboxylic acids is 1. The Morgan fingerprint density at radius 3 is 2.68 bits per heavy atom. The number of rotatable bonds is 5. The summed E-state index contributed by atoms with van der Waals surface area (Å²) < 4.78 is 13.2. The minimum Gasteiger partial charge on any atom is -0.495 e. The maximum atomic E-state index is 11.9. The fourth-order valence-electron chi connectivity index (χ4n) is 2.87. The van der Waals surface area contributed by atoms with Crippen molar-refractivity contribution in [3.63, 3.8) is 0 Å². The molecule has 1 aromatic heterocycles. The average Bonchev–Trinajstić information content (AvgIpc) is 3.29. The van der Waals surface area contributed by atoms with Crippen molar-refractivity contribution in [1.82, 2.24) is 14.8 Å². The number of hydrogen-bond donors (Lipinski definition) is 0. The molecule has 1 fully saturated rings. The second-order valence-corrected chi connectivity index (χ2v) is 8.52. The van der Waals surface area contributed by atoms with Gasteiger partial charge in [-0.25, -0.2) is 0 Å². The van der Waals surface area contributed by atoms with Gasteiger partial charge in [0.2, 0.25) is 0 Å². The number of halogens is 2. The van der Waals surface area contributed by atoms with E-state index in [9.17, 15) is 4.79 Å². The maximum Gasteiger partial charge on any atom is 0.319 e. The summed E-state index contributed by atoms with van der Waals surface area (Å²) in [5, 5.41) is 9.51. The van der Waals surface area contributed by atoms with E-state index in [1.54, 1.807) is 19.2 Å². The lowest BCUT2D eigenvalue weighted by Crippen LogP contribution is -2.11. The Morgan fingerprint density at radius 1 is 1.25 bits per heavy atom. The first-order valence-electron chi connectivity index (χ1n) is 8.45. The first-order valence-corrected chi connectivity index (χ1v) is 10.5. The number of hydrogen-bond acceptors (Lipinski definition) is 6. The zero-order chi connectivity index (χ0) is 19.7.